The Balaban J connectivity index is 2.43. The number of carbonyl (C=O) groups excluding carboxylic acids is 1. The highest BCUT2D eigenvalue weighted by molar-refractivity contribution is 6.31. The highest BCUT2D eigenvalue weighted by Crippen LogP contribution is 2.20. The van der Waals surface area contributed by atoms with Crippen LogP contribution in [0.25, 0.3) is 0 Å². The second-order valence-electron chi connectivity index (χ2n) is 4.19. The van der Waals surface area contributed by atoms with Crippen LogP contribution < -0.4 is 10.5 Å². The Morgan fingerprint density at radius 3 is 2.52 bits per heavy atom. The van der Waals surface area contributed by atoms with Crippen molar-refractivity contribution in [2.75, 3.05) is 11.4 Å². The van der Waals surface area contributed by atoms with Crippen molar-refractivity contribution in [3.05, 3.63) is 63.5 Å². The largest absolute Gasteiger partial charge is 0.480 e. The SMILES string of the molecule is O=C(O)CN(C(=O)c1cccc(=O)[nH]1)c1cccc(Cl)c1. The lowest BCUT2D eigenvalue weighted by Crippen LogP contribution is -2.36. The number of halogens is 1. The van der Waals surface area contributed by atoms with Crippen LogP contribution in [-0.4, -0.2) is 28.5 Å². The van der Waals surface area contributed by atoms with Crippen molar-refractivity contribution in [1.29, 1.82) is 0 Å². The first-order chi connectivity index (χ1) is 9.97. The molecule has 108 valence electrons. The molecule has 1 aromatic carbocycles. The van der Waals surface area contributed by atoms with Crippen molar-refractivity contribution in [1.82, 2.24) is 4.98 Å². The number of benzene rings is 1. The maximum Gasteiger partial charge on any atom is 0.323 e. The summed E-state index contributed by atoms with van der Waals surface area (Å²) in [5.74, 6) is -1.81. The minimum Gasteiger partial charge on any atom is -0.480 e. The van der Waals surface area contributed by atoms with E-state index < -0.39 is 24.0 Å². The van der Waals surface area contributed by atoms with Gasteiger partial charge in [0, 0.05) is 16.8 Å². The average Bonchev–Trinajstić information content (AvgIpc) is 2.44. The minimum absolute atomic E-state index is 0.00345. The summed E-state index contributed by atoms with van der Waals surface area (Å²) >= 11 is 5.86. The van der Waals surface area contributed by atoms with Crippen molar-refractivity contribution >= 4 is 29.2 Å². The molecule has 0 atom stereocenters. The molecule has 0 aliphatic rings. The van der Waals surface area contributed by atoms with E-state index in [0.29, 0.717) is 10.7 Å². The number of aromatic amines is 1. The first kappa shape index (κ1) is 14.8. The lowest BCUT2D eigenvalue weighted by Gasteiger charge is -2.20. The number of carbonyl (C=O) groups is 2. The molecule has 1 heterocycles. The van der Waals surface area contributed by atoms with Gasteiger partial charge in [-0.05, 0) is 24.3 Å². The van der Waals surface area contributed by atoms with Crippen molar-refractivity contribution in [2.45, 2.75) is 0 Å². The Labute approximate surface area is 124 Å². The summed E-state index contributed by atoms with van der Waals surface area (Å²) < 4.78 is 0. The number of hydrogen-bond acceptors (Lipinski definition) is 3. The highest BCUT2D eigenvalue weighted by atomic mass is 35.5. The fraction of sp³-hybridized carbons (Fsp3) is 0.0714. The number of aromatic nitrogens is 1. The Kier molecular flexibility index (Phi) is 4.39. The molecule has 21 heavy (non-hydrogen) atoms. The normalized spacial score (nSPS) is 10.1. The van der Waals surface area contributed by atoms with Crippen molar-refractivity contribution < 1.29 is 14.7 Å². The second kappa shape index (κ2) is 6.23. The number of amides is 1. The Morgan fingerprint density at radius 1 is 1.19 bits per heavy atom. The summed E-state index contributed by atoms with van der Waals surface area (Å²) in [7, 11) is 0. The van der Waals surface area contributed by atoms with Gasteiger partial charge in [-0.3, -0.25) is 19.3 Å². The number of carboxylic acids is 1. The number of carboxylic acid groups (broad SMARTS) is 1. The Morgan fingerprint density at radius 2 is 1.90 bits per heavy atom. The van der Waals surface area contributed by atoms with E-state index >= 15 is 0 Å². The van der Waals surface area contributed by atoms with Crippen molar-refractivity contribution in [2.24, 2.45) is 0 Å². The lowest BCUT2D eigenvalue weighted by atomic mass is 10.2. The molecule has 0 saturated carbocycles. The molecule has 2 rings (SSSR count). The third-order valence-electron chi connectivity index (χ3n) is 2.66. The highest BCUT2D eigenvalue weighted by Gasteiger charge is 2.21. The van der Waals surface area contributed by atoms with Gasteiger partial charge in [0.1, 0.15) is 12.2 Å². The molecule has 7 heteroatoms. The molecule has 0 bridgehead atoms. The van der Waals surface area contributed by atoms with E-state index in [-0.39, 0.29) is 5.69 Å². The lowest BCUT2D eigenvalue weighted by molar-refractivity contribution is -0.135. The summed E-state index contributed by atoms with van der Waals surface area (Å²) in [6, 6.07) is 10.3. The molecule has 0 spiro atoms. The number of pyridine rings is 1. The van der Waals surface area contributed by atoms with Gasteiger partial charge in [-0.25, -0.2) is 0 Å². The summed E-state index contributed by atoms with van der Waals surface area (Å²) in [5, 5.41) is 9.34. The first-order valence-electron chi connectivity index (χ1n) is 5.96. The van der Waals surface area contributed by atoms with Gasteiger partial charge in [0.15, 0.2) is 0 Å². The average molecular weight is 307 g/mol. The van der Waals surface area contributed by atoms with E-state index in [9.17, 15) is 14.4 Å². The fourth-order valence-corrected chi connectivity index (χ4v) is 1.96. The maximum absolute atomic E-state index is 12.4. The van der Waals surface area contributed by atoms with Gasteiger partial charge in [0.2, 0.25) is 5.56 Å². The van der Waals surface area contributed by atoms with E-state index in [1.54, 1.807) is 18.2 Å². The van der Waals surface area contributed by atoms with E-state index in [1.807, 2.05) is 0 Å². The van der Waals surface area contributed by atoms with E-state index in [4.69, 9.17) is 16.7 Å². The molecule has 2 aromatic rings. The van der Waals surface area contributed by atoms with Crippen LogP contribution >= 0.6 is 11.6 Å². The van der Waals surface area contributed by atoms with E-state index in [2.05, 4.69) is 4.98 Å². The molecule has 1 amide bonds. The monoisotopic (exact) mass is 306 g/mol. The Hall–Kier alpha value is -2.60. The second-order valence-corrected chi connectivity index (χ2v) is 4.63. The summed E-state index contributed by atoms with van der Waals surface area (Å²) in [4.78, 5) is 38.0. The number of hydrogen-bond donors (Lipinski definition) is 2. The van der Waals surface area contributed by atoms with Gasteiger partial charge < -0.3 is 10.1 Å². The predicted octanol–water partition coefficient (Wildman–Crippen LogP) is 1.76. The maximum atomic E-state index is 12.4. The first-order valence-corrected chi connectivity index (χ1v) is 6.34. The minimum atomic E-state index is -1.18. The van der Waals surface area contributed by atoms with Crippen LogP contribution in [0.4, 0.5) is 5.69 Å². The van der Waals surface area contributed by atoms with Crippen LogP contribution in [0.2, 0.25) is 5.02 Å². The zero-order chi connectivity index (χ0) is 15.4. The van der Waals surface area contributed by atoms with Crippen LogP contribution in [-0.2, 0) is 4.79 Å². The third kappa shape index (κ3) is 3.70. The molecule has 0 unspecified atom stereocenters. The van der Waals surface area contributed by atoms with Gasteiger partial charge in [0.25, 0.3) is 5.91 Å². The van der Waals surface area contributed by atoms with Gasteiger partial charge in [-0.1, -0.05) is 23.7 Å². The van der Waals surface area contributed by atoms with E-state index in [1.165, 1.54) is 24.3 Å². The summed E-state index contributed by atoms with van der Waals surface area (Å²) in [6.45, 7) is -0.546. The van der Waals surface area contributed by atoms with Crippen LogP contribution in [0, 0.1) is 0 Å². The molecule has 2 N–H and O–H groups in total. The molecule has 0 radical (unpaired) electrons. The number of rotatable bonds is 4. The molecule has 0 fully saturated rings. The molecule has 0 saturated heterocycles. The van der Waals surface area contributed by atoms with Crippen molar-refractivity contribution in [3.8, 4) is 0 Å². The molecule has 0 aliphatic heterocycles. The van der Waals surface area contributed by atoms with Gasteiger partial charge in [0.05, 0.1) is 0 Å². The van der Waals surface area contributed by atoms with Gasteiger partial charge >= 0.3 is 5.97 Å². The van der Waals surface area contributed by atoms with Crippen molar-refractivity contribution in [3.63, 3.8) is 0 Å². The third-order valence-corrected chi connectivity index (χ3v) is 2.89. The zero-order valence-corrected chi connectivity index (χ0v) is 11.5. The molecule has 1 aromatic heterocycles. The van der Waals surface area contributed by atoms with E-state index in [0.717, 1.165) is 4.90 Å². The van der Waals surface area contributed by atoms with Crippen LogP contribution in [0.15, 0.2) is 47.3 Å². The zero-order valence-electron chi connectivity index (χ0n) is 10.7. The van der Waals surface area contributed by atoms with Crippen LogP contribution in [0.3, 0.4) is 0 Å². The van der Waals surface area contributed by atoms with Gasteiger partial charge in [-0.15, -0.1) is 0 Å². The van der Waals surface area contributed by atoms with Crippen LogP contribution in [0.1, 0.15) is 10.5 Å². The standard InChI is InChI=1S/C14H11ClN2O4/c15-9-3-1-4-10(7-9)17(8-13(19)20)14(21)11-5-2-6-12(18)16-11/h1-7H,8H2,(H,16,18)(H,19,20). The Bertz CT molecular complexity index is 742. The number of anilines is 1. The number of aliphatic carboxylic acids is 1. The summed E-state index contributed by atoms with van der Waals surface area (Å²) in [5.41, 5.74) is -0.106. The quantitative estimate of drug-likeness (QED) is 0.900. The van der Waals surface area contributed by atoms with Crippen LogP contribution in [0.5, 0.6) is 0 Å². The number of nitrogens with zero attached hydrogens (tertiary/aromatic N) is 1. The molecule has 6 nitrogen and oxygen atoms in total. The molecular formula is C14H11ClN2O4. The van der Waals surface area contributed by atoms with Gasteiger partial charge in [-0.2, -0.15) is 0 Å². The smallest absolute Gasteiger partial charge is 0.323 e. The molecule has 0 aliphatic carbocycles. The number of H-pyrrole nitrogens is 1. The molecular weight excluding hydrogens is 296 g/mol. The predicted molar refractivity (Wildman–Crippen MR) is 77.8 cm³/mol. The number of nitrogens with one attached hydrogen (secondary N) is 1. The fourth-order valence-electron chi connectivity index (χ4n) is 1.78. The summed E-state index contributed by atoms with van der Waals surface area (Å²) in [6.07, 6.45) is 0. The topological polar surface area (TPSA) is 90.5 Å².